The summed E-state index contributed by atoms with van der Waals surface area (Å²) in [6.07, 6.45) is 1.72. The minimum atomic E-state index is -0.715. The van der Waals surface area contributed by atoms with Gasteiger partial charge >= 0.3 is 6.09 Å². The highest BCUT2D eigenvalue weighted by molar-refractivity contribution is 6.31. The Morgan fingerprint density at radius 3 is 2.28 bits per heavy atom. The van der Waals surface area contributed by atoms with Gasteiger partial charge in [0.1, 0.15) is 24.2 Å². The number of rotatable bonds is 13. The van der Waals surface area contributed by atoms with Crippen LogP contribution in [0.25, 0.3) is 11.1 Å². The molecule has 2 saturated heterocycles. The van der Waals surface area contributed by atoms with E-state index in [0.717, 1.165) is 55.6 Å². The summed E-state index contributed by atoms with van der Waals surface area (Å²) in [7, 11) is 0. The predicted molar refractivity (Wildman–Crippen MR) is 208 cm³/mol. The van der Waals surface area contributed by atoms with E-state index < -0.39 is 12.1 Å². The zero-order chi connectivity index (χ0) is 37.2. The molecular formula is C42H47Cl2FN4O4. The first-order valence-electron chi connectivity index (χ1n) is 18.4. The third-order valence-corrected chi connectivity index (χ3v) is 10.7. The molecule has 11 heteroatoms. The number of hydrogen-bond acceptors (Lipinski definition) is 6. The molecular weight excluding hydrogens is 714 g/mol. The van der Waals surface area contributed by atoms with Crippen molar-refractivity contribution in [1.29, 1.82) is 0 Å². The van der Waals surface area contributed by atoms with Gasteiger partial charge in [0.05, 0.1) is 6.61 Å². The number of carbonyl (C=O) groups excluding carboxylic acids is 2. The summed E-state index contributed by atoms with van der Waals surface area (Å²) in [4.78, 5) is 33.7. The zero-order valence-electron chi connectivity index (χ0n) is 30.1. The Bertz CT molecular complexity index is 1810. The van der Waals surface area contributed by atoms with Gasteiger partial charge in [0, 0.05) is 54.9 Å². The zero-order valence-corrected chi connectivity index (χ0v) is 31.6. The number of nitrogens with zero attached hydrogens (tertiary/aromatic N) is 3. The van der Waals surface area contributed by atoms with Crippen LogP contribution in [0, 0.1) is 11.7 Å². The van der Waals surface area contributed by atoms with Gasteiger partial charge in [0.2, 0.25) is 5.91 Å². The highest BCUT2D eigenvalue weighted by Gasteiger charge is 2.37. The number of piperidine rings is 1. The molecule has 0 unspecified atom stereocenters. The van der Waals surface area contributed by atoms with Crippen LogP contribution in [-0.2, 0) is 29.1 Å². The van der Waals surface area contributed by atoms with Gasteiger partial charge in [0.15, 0.2) is 0 Å². The Morgan fingerprint density at radius 1 is 0.849 bits per heavy atom. The molecule has 6 rings (SSSR count). The highest BCUT2D eigenvalue weighted by atomic mass is 35.5. The monoisotopic (exact) mass is 760 g/mol. The van der Waals surface area contributed by atoms with Gasteiger partial charge < -0.3 is 24.6 Å². The first-order valence-corrected chi connectivity index (χ1v) is 19.2. The van der Waals surface area contributed by atoms with Crippen LogP contribution in [0.5, 0.6) is 5.75 Å². The molecule has 4 aromatic rings. The molecule has 0 radical (unpaired) electrons. The molecule has 0 spiro atoms. The van der Waals surface area contributed by atoms with Gasteiger partial charge in [-0.15, -0.1) is 0 Å². The van der Waals surface area contributed by atoms with Crippen LogP contribution in [0.4, 0.5) is 9.18 Å². The summed E-state index contributed by atoms with van der Waals surface area (Å²) in [5.41, 5.74) is 4.79. The van der Waals surface area contributed by atoms with Crippen molar-refractivity contribution in [3.05, 3.63) is 124 Å². The van der Waals surface area contributed by atoms with E-state index in [9.17, 15) is 14.0 Å². The van der Waals surface area contributed by atoms with Crippen molar-refractivity contribution in [2.75, 3.05) is 52.4 Å². The van der Waals surface area contributed by atoms with Gasteiger partial charge in [-0.25, -0.2) is 9.18 Å². The summed E-state index contributed by atoms with van der Waals surface area (Å²) >= 11 is 12.6. The number of likely N-dealkylation sites (tertiary alicyclic amines) is 1. The standard InChI is InChI=1S/C42H47Cl2FN4O4/c1-2-52-39-10-6-9-38(45)37(39)28-48-23-25-49(26-24-48)41(50)40(46-42(51)53-29-30-7-4-3-5-8-30)32-17-20-47(21-18-32)22-19-33-27-35(44)15-16-36(33)31-11-13-34(43)14-12-31/h3-16,27,32,40H,2,17-26,28-29H2,1H3,(H,46,51)/t40-/m1/s1. The minimum Gasteiger partial charge on any atom is -0.493 e. The third-order valence-electron chi connectivity index (χ3n) is 10.2. The van der Waals surface area contributed by atoms with Crippen LogP contribution in [0.1, 0.15) is 36.5 Å². The summed E-state index contributed by atoms with van der Waals surface area (Å²) in [6.45, 7) is 7.39. The SMILES string of the molecule is CCOc1cccc(F)c1CN1CCN(C(=O)[C@H](NC(=O)OCc2ccccc2)C2CCN(CCc3cc(Cl)ccc3-c3ccc(Cl)cc3)CC2)CC1. The highest BCUT2D eigenvalue weighted by Crippen LogP contribution is 2.30. The maximum Gasteiger partial charge on any atom is 0.408 e. The van der Waals surface area contributed by atoms with Crippen molar-refractivity contribution >= 4 is 35.2 Å². The third kappa shape index (κ3) is 10.5. The normalized spacial score (nSPS) is 16.3. The van der Waals surface area contributed by atoms with E-state index in [0.29, 0.717) is 60.7 Å². The Kier molecular flexibility index (Phi) is 13.6. The van der Waals surface area contributed by atoms with Crippen molar-refractivity contribution in [3.63, 3.8) is 0 Å². The van der Waals surface area contributed by atoms with Gasteiger partial charge in [-0.3, -0.25) is 9.69 Å². The Morgan fingerprint density at radius 2 is 1.57 bits per heavy atom. The van der Waals surface area contributed by atoms with E-state index in [4.69, 9.17) is 32.7 Å². The molecule has 2 heterocycles. The minimum absolute atomic E-state index is 0.0518. The molecule has 0 bridgehead atoms. The van der Waals surface area contributed by atoms with Gasteiger partial charge in [0.25, 0.3) is 0 Å². The van der Waals surface area contributed by atoms with E-state index in [-0.39, 0.29) is 24.2 Å². The summed E-state index contributed by atoms with van der Waals surface area (Å²) in [6, 6.07) is 27.5. The molecule has 8 nitrogen and oxygen atoms in total. The summed E-state index contributed by atoms with van der Waals surface area (Å²) in [5, 5.41) is 4.36. The number of ether oxygens (including phenoxy) is 2. The lowest BCUT2D eigenvalue weighted by Gasteiger charge is -2.40. The van der Waals surface area contributed by atoms with Crippen molar-refractivity contribution in [3.8, 4) is 16.9 Å². The van der Waals surface area contributed by atoms with Gasteiger partial charge in [-0.1, -0.05) is 77.8 Å². The van der Waals surface area contributed by atoms with E-state index in [1.807, 2.05) is 78.6 Å². The molecule has 53 heavy (non-hydrogen) atoms. The van der Waals surface area contributed by atoms with Gasteiger partial charge in [-0.05, 0) is 104 Å². The lowest BCUT2D eigenvalue weighted by molar-refractivity contribution is -0.137. The van der Waals surface area contributed by atoms with Crippen LogP contribution in [0.3, 0.4) is 0 Å². The smallest absolute Gasteiger partial charge is 0.408 e. The molecule has 2 amide bonds. The van der Waals surface area contributed by atoms with E-state index in [1.54, 1.807) is 12.1 Å². The largest absolute Gasteiger partial charge is 0.493 e. The number of nitrogens with one attached hydrogen (secondary N) is 1. The van der Waals surface area contributed by atoms with Crippen LogP contribution < -0.4 is 10.1 Å². The predicted octanol–water partition coefficient (Wildman–Crippen LogP) is 8.09. The molecule has 1 N–H and O–H groups in total. The molecule has 0 aromatic heterocycles. The molecule has 280 valence electrons. The van der Waals surface area contributed by atoms with Crippen molar-refractivity contribution < 1.29 is 23.5 Å². The summed E-state index contributed by atoms with van der Waals surface area (Å²) in [5.74, 6) is 0.0926. The Labute approximate surface area is 321 Å². The van der Waals surface area contributed by atoms with E-state index >= 15 is 0 Å². The molecule has 2 aliphatic heterocycles. The van der Waals surface area contributed by atoms with E-state index in [2.05, 4.69) is 21.2 Å². The first-order chi connectivity index (χ1) is 25.8. The van der Waals surface area contributed by atoms with E-state index in [1.165, 1.54) is 11.6 Å². The van der Waals surface area contributed by atoms with Crippen molar-refractivity contribution in [2.24, 2.45) is 5.92 Å². The lowest BCUT2D eigenvalue weighted by atomic mass is 9.88. The van der Waals surface area contributed by atoms with Crippen molar-refractivity contribution in [1.82, 2.24) is 20.0 Å². The average molecular weight is 762 g/mol. The topological polar surface area (TPSA) is 74.3 Å². The molecule has 0 saturated carbocycles. The Hall–Kier alpha value is -4.15. The fraction of sp³-hybridized carbons (Fsp3) is 0.381. The first kappa shape index (κ1) is 38.6. The number of benzene rings is 4. The van der Waals surface area contributed by atoms with Crippen molar-refractivity contribution in [2.45, 2.75) is 45.4 Å². The molecule has 0 aliphatic carbocycles. The molecule has 4 aromatic carbocycles. The number of piperazine rings is 1. The van der Waals surface area contributed by atoms with Crippen LogP contribution in [0.15, 0.2) is 91.0 Å². The number of amides is 2. The second-order valence-electron chi connectivity index (χ2n) is 13.7. The quantitative estimate of drug-likeness (QED) is 0.149. The number of alkyl carbamates (subject to hydrolysis) is 1. The fourth-order valence-electron chi connectivity index (χ4n) is 7.27. The maximum atomic E-state index is 14.8. The second kappa shape index (κ2) is 18.7. The Balaban J connectivity index is 1.08. The summed E-state index contributed by atoms with van der Waals surface area (Å²) < 4.78 is 26.0. The van der Waals surface area contributed by atoms with Crippen LogP contribution in [0.2, 0.25) is 10.0 Å². The number of carbonyl (C=O) groups is 2. The molecule has 2 aliphatic rings. The number of hydrogen-bond donors (Lipinski definition) is 1. The second-order valence-corrected chi connectivity index (χ2v) is 14.5. The fourth-order valence-corrected chi connectivity index (χ4v) is 7.59. The maximum absolute atomic E-state index is 14.8. The van der Waals surface area contributed by atoms with Crippen LogP contribution in [-0.4, -0.2) is 85.2 Å². The molecule has 1 atom stereocenters. The number of halogens is 3. The van der Waals surface area contributed by atoms with Gasteiger partial charge in [-0.2, -0.15) is 0 Å². The average Bonchev–Trinajstić information content (AvgIpc) is 3.18. The molecule has 2 fully saturated rings. The lowest BCUT2D eigenvalue weighted by Crippen LogP contribution is -2.58. The van der Waals surface area contributed by atoms with Crippen LogP contribution >= 0.6 is 23.2 Å².